The number of primary amides is 1. The molecule has 0 bridgehead atoms. The summed E-state index contributed by atoms with van der Waals surface area (Å²) in [6.07, 6.45) is 5.15. The van der Waals surface area contributed by atoms with Gasteiger partial charge in [-0.1, -0.05) is 50.2 Å². The Morgan fingerprint density at radius 3 is 2.40 bits per heavy atom. The molecule has 1 aliphatic carbocycles. The molecule has 132 valence electrons. The first kappa shape index (κ1) is 17.7. The van der Waals surface area contributed by atoms with Gasteiger partial charge < -0.3 is 11.1 Å². The monoisotopic (exact) mass is 336 g/mol. The van der Waals surface area contributed by atoms with Crippen LogP contribution in [0, 0.1) is 5.41 Å². The molecular weight excluding hydrogens is 308 g/mol. The zero-order chi connectivity index (χ0) is 17.9. The Morgan fingerprint density at radius 2 is 1.76 bits per heavy atom. The molecular formula is C22H28N2O. The van der Waals surface area contributed by atoms with Gasteiger partial charge in [-0.2, -0.15) is 0 Å². The fourth-order valence-corrected chi connectivity index (χ4v) is 3.53. The molecule has 1 aliphatic rings. The van der Waals surface area contributed by atoms with Gasteiger partial charge in [-0.05, 0) is 59.9 Å². The number of hydrogen-bond donors (Lipinski definition) is 2. The van der Waals surface area contributed by atoms with Crippen molar-refractivity contribution in [3.63, 3.8) is 0 Å². The van der Waals surface area contributed by atoms with Crippen molar-refractivity contribution in [2.45, 2.75) is 52.1 Å². The molecule has 0 radical (unpaired) electrons. The van der Waals surface area contributed by atoms with Gasteiger partial charge >= 0.3 is 0 Å². The molecule has 0 aliphatic heterocycles. The lowest BCUT2D eigenvalue weighted by Gasteiger charge is -2.34. The molecule has 1 saturated carbocycles. The summed E-state index contributed by atoms with van der Waals surface area (Å²) in [5.74, 6) is -0.390. The lowest BCUT2D eigenvalue weighted by Crippen LogP contribution is -2.35. The molecule has 3 heteroatoms. The highest BCUT2D eigenvalue weighted by Gasteiger charge is 2.26. The van der Waals surface area contributed by atoms with E-state index in [0.717, 1.165) is 17.7 Å². The molecule has 0 spiro atoms. The topological polar surface area (TPSA) is 55.1 Å². The van der Waals surface area contributed by atoms with Gasteiger partial charge in [0.25, 0.3) is 0 Å². The summed E-state index contributed by atoms with van der Waals surface area (Å²) in [5.41, 5.74) is 9.84. The van der Waals surface area contributed by atoms with Gasteiger partial charge in [0.15, 0.2) is 0 Å². The van der Waals surface area contributed by atoms with Crippen LogP contribution in [0.3, 0.4) is 0 Å². The van der Waals surface area contributed by atoms with Crippen molar-refractivity contribution in [1.82, 2.24) is 5.32 Å². The number of nitrogens with one attached hydrogen (secondary N) is 1. The van der Waals surface area contributed by atoms with E-state index in [4.69, 9.17) is 5.73 Å². The molecule has 0 unspecified atom stereocenters. The second-order valence-electron chi connectivity index (χ2n) is 7.96. The predicted molar refractivity (Wildman–Crippen MR) is 103 cm³/mol. The van der Waals surface area contributed by atoms with Crippen LogP contribution in [0.1, 0.15) is 55.5 Å². The minimum absolute atomic E-state index is 0.390. The van der Waals surface area contributed by atoms with Crippen LogP contribution >= 0.6 is 0 Å². The number of carbonyl (C=O) groups excluding carboxylic acids is 1. The van der Waals surface area contributed by atoms with Crippen LogP contribution in [0.15, 0.2) is 48.5 Å². The third kappa shape index (κ3) is 4.70. The Labute approximate surface area is 150 Å². The van der Waals surface area contributed by atoms with E-state index in [-0.39, 0.29) is 0 Å². The Morgan fingerprint density at radius 1 is 1.08 bits per heavy atom. The minimum Gasteiger partial charge on any atom is -0.366 e. The molecule has 0 aromatic heterocycles. The van der Waals surface area contributed by atoms with E-state index >= 15 is 0 Å². The molecule has 3 nitrogen and oxygen atoms in total. The molecule has 0 atom stereocenters. The zero-order valence-corrected chi connectivity index (χ0v) is 15.2. The van der Waals surface area contributed by atoms with Gasteiger partial charge in [0, 0.05) is 18.2 Å². The van der Waals surface area contributed by atoms with Crippen molar-refractivity contribution in [2.75, 3.05) is 0 Å². The van der Waals surface area contributed by atoms with Crippen molar-refractivity contribution in [3.8, 4) is 11.1 Å². The molecule has 2 aromatic rings. The van der Waals surface area contributed by atoms with Gasteiger partial charge in [-0.3, -0.25) is 4.79 Å². The van der Waals surface area contributed by atoms with Gasteiger partial charge in [0.05, 0.1) is 0 Å². The molecule has 3 rings (SSSR count). The standard InChI is InChI=1S/C22H28N2O/c1-22(2)12-10-20(11-13-22)24-15-16-6-8-17(9-7-16)18-4-3-5-19(14-18)21(23)25/h3-9,14,20,24H,10-13,15H2,1-2H3,(H2,23,25). The fourth-order valence-electron chi connectivity index (χ4n) is 3.53. The molecule has 2 aromatic carbocycles. The average Bonchev–Trinajstić information content (AvgIpc) is 2.61. The summed E-state index contributed by atoms with van der Waals surface area (Å²) in [6.45, 7) is 5.65. The average molecular weight is 336 g/mol. The lowest BCUT2D eigenvalue weighted by atomic mass is 9.75. The second-order valence-corrected chi connectivity index (χ2v) is 7.96. The van der Waals surface area contributed by atoms with E-state index < -0.39 is 5.91 Å². The highest BCUT2D eigenvalue weighted by atomic mass is 16.1. The maximum Gasteiger partial charge on any atom is 0.248 e. The van der Waals surface area contributed by atoms with Gasteiger partial charge in [-0.25, -0.2) is 0 Å². The van der Waals surface area contributed by atoms with Crippen LogP contribution in [0.2, 0.25) is 0 Å². The Balaban J connectivity index is 1.59. The van der Waals surface area contributed by atoms with Crippen molar-refractivity contribution in [2.24, 2.45) is 11.1 Å². The van der Waals surface area contributed by atoms with Gasteiger partial charge in [0.1, 0.15) is 0 Å². The van der Waals surface area contributed by atoms with E-state index in [9.17, 15) is 4.79 Å². The number of amides is 1. The summed E-state index contributed by atoms with van der Waals surface area (Å²) in [7, 11) is 0. The van der Waals surface area contributed by atoms with E-state index in [1.54, 1.807) is 6.07 Å². The van der Waals surface area contributed by atoms with Crippen LogP contribution in [-0.4, -0.2) is 11.9 Å². The number of rotatable bonds is 5. The highest BCUT2D eigenvalue weighted by molar-refractivity contribution is 5.94. The summed E-state index contributed by atoms with van der Waals surface area (Å²) < 4.78 is 0. The van der Waals surface area contributed by atoms with Crippen molar-refractivity contribution in [3.05, 3.63) is 59.7 Å². The Bertz CT molecular complexity index is 724. The van der Waals surface area contributed by atoms with Gasteiger partial charge in [-0.15, -0.1) is 0 Å². The third-order valence-corrected chi connectivity index (χ3v) is 5.37. The quantitative estimate of drug-likeness (QED) is 0.844. The summed E-state index contributed by atoms with van der Waals surface area (Å²) in [4.78, 5) is 11.3. The van der Waals surface area contributed by atoms with Crippen LogP contribution in [-0.2, 0) is 6.54 Å². The predicted octanol–water partition coefficient (Wildman–Crippen LogP) is 4.51. The van der Waals surface area contributed by atoms with Crippen molar-refractivity contribution >= 4 is 5.91 Å². The smallest absolute Gasteiger partial charge is 0.248 e. The minimum atomic E-state index is -0.390. The van der Waals surface area contributed by atoms with E-state index in [1.807, 2.05) is 18.2 Å². The van der Waals surface area contributed by atoms with E-state index in [1.165, 1.54) is 31.2 Å². The summed E-state index contributed by atoms with van der Waals surface area (Å²) in [5, 5.41) is 3.70. The third-order valence-electron chi connectivity index (χ3n) is 5.37. The maximum absolute atomic E-state index is 11.3. The first-order valence-electron chi connectivity index (χ1n) is 9.15. The molecule has 0 saturated heterocycles. The number of benzene rings is 2. The van der Waals surface area contributed by atoms with Crippen molar-refractivity contribution in [1.29, 1.82) is 0 Å². The summed E-state index contributed by atoms with van der Waals surface area (Å²) in [6, 6.07) is 16.6. The van der Waals surface area contributed by atoms with E-state index in [0.29, 0.717) is 17.0 Å². The zero-order valence-electron chi connectivity index (χ0n) is 15.2. The Kier molecular flexibility index (Phi) is 5.24. The first-order valence-corrected chi connectivity index (χ1v) is 9.15. The fraction of sp³-hybridized carbons (Fsp3) is 0.409. The van der Waals surface area contributed by atoms with Crippen molar-refractivity contribution < 1.29 is 4.79 Å². The summed E-state index contributed by atoms with van der Waals surface area (Å²) >= 11 is 0. The lowest BCUT2D eigenvalue weighted by molar-refractivity contribution is 0.100. The van der Waals surface area contributed by atoms with Crippen LogP contribution in [0.4, 0.5) is 0 Å². The Hall–Kier alpha value is -2.13. The number of hydrogen-bond acceptors (Lipinski definition) is 2. The highest BCUT2D eigenvalue weighted by Crippen LogP contribution is 2.35. The molecule has 0 heterocycles. The van der Waals surface area contributed by atoms with Crippen LogP contribution in [0.5, 0.6) is 0 Å². The van der Waals surface area contributed by atoms with Gasteiger partial charge in [0.2, 0.25) is 5.91 Å². The first-order chi connectivity index (χ1) is 11.9. The number of carbonyl (C=O) groups is 1. The molecule has 1 amide bonds. The van der Waals surface area contributed by atoms with E-state index in [2.05, 4.69) is 43.4 Å². The largest absolute Gasteiger partial charge is 0.366 e. The normalized spacial score (nSPS) is 17.4. The molecule has 25 heavy (non-hydrogen) atoms. The number of nitrogens with two attached hydrogens (primary N) is 1. The maximum atomic E-state index is 11.3. The SMILES string of the molecule is CC1(C)CCC(NCc2ccc(-c3cccc(C(N)=O)c3)cc2)CC1. The van der Waals surface area contributed by atoms with Crippen LogP contribution < -0.4 is 11.1 Å². The second kappa shape index (κ2) is 7.40. The molecule has 1 fully saturated rings. The van der Waals surface area contributed by atoms with Crippen LogP contribution in [0.25, 0.3) is 11.1 Å². The molecule has 3 N–H and O–H groups in total.